The van der Waals surface area contributed by atoms with E-state index in [1.165, 1.54) is 10.6 Å². The van der Waals surface area contributed by atoms with Crippen molar-refractivity contribution in [2.45, 2.75) is 33.7 Å². The Bertz CT molecular complexity index is 1670. The van der Waals surface area contributed by atoms with Crippen molar-refractivity contribution in [1.29, 1.82) is 0 Å². The highest BCUT2D eigenvalue weighted by molar-refractivity contribution is 6.05. The van der Waals surface area contributed by atoms with E-state index in [0.717, 1.165) is 18.6 Å². The second-order valence-electron chi connectivity index (χ2n) is 8.61. The molecule has 0 saturated carbocycles. The van der Waals surface area contributed by atoms with Crippen molar-refractivity contribution in [2.24, 2.45) is 5.92 Å². The van der Waals surface area contributed by atoms with Gasteiger partial charge in [0.1, 0.15) is 16.7 Å². The number of rotatable bonds is 5. The van der Waals surface area contributed by atoms with E-state index in [4.69, 9.17) is 15.0 Å². The molecule has 2 aromatic carbocycles. The molecule has 0 spiro atoms. The molecule has 0 aliphatic rings. The molecule has 0 radical (unpaired) electrons. The minimum absolute atomic E-state index is 0.256. The topological polar surface area (TPSA) is 109 Å². The van der Waals surface area contributed by atoms with Gasteiger partial charge in [0.25, 0.3) is 5.56 Å². The van der Waals surface area contributed by atoms with Crippen LogP contribution in [0.3, 0.4) is 0 Å². The minimum Gasteiger partial charge on any atom is -0.296 e. The first-order valence-electron chi connectivity index (χ1n) is 10.9. The average molecular weight is 460 g/mol. The summed E-state index contributed by atoms with van der Waals surface area (Å²) in [6, 6.07) is 10.8. The van der Waals surface area contributed by atoms with Crippen molar-refractivity contribution < 1.29 is 9.31 Å². The van der Waals surface area contributed by atoms with Crippen LogP contribution in [-0.4, -0.2) is 29.0 Å². The Hall–Kier alpha value is -4.21. The molecule has 0 fully saturated rings. The third kappa shape index (κ3) is 3.38. The fraction of sp³-hybridized carbons (Fsp3) is 0.250. The summed E-state index contributed by atoms with van der Waals surface area (Å²) in [4.78, 5) is 38.4. The van der Waals surface area contributed by atoms with Crippen LogP contribution in [0.2, 0.25) is 0 Å². The molecule has 172 valence electrons. The number of halogens is 1. The van der Waals surface area contributed by atoms with E-state index in [1.54, 1.807) is 23.6 Å². The summed E-state index contributed by atoms with van der Waals surface area (Å²) < 4.78 is 17.2. The number of nitrogens with zero attached hydrogens (tertiary/aromatic N) is 6. The Morgan fingerprint density at radius 3 is 2.44 bits per heavy atom. The molecule has 0 aliphatic heterocycles. The summed E-state index contributed by atoms with van der Waals surface area (Å²) in [5.41, 5.74) is 1.46. The highest BCUT2D eigenvalue weighted by atomic mass is 19.1. The van der Waals surface area contributed by atoms with Gasteiger partial charge in [-0.05, 0) is 43.5 Å². The maximum absolute atomic E-state index is 14.1. The lowest BCUT2D eigenvalue weighted by molar-refractivity contribution is -0.387. The van der Waals surface area contributed by atoms with Crippen LogP contribution in [0.15, 0.2) is 47.3 Å². The first-order valence-corrected chi connectivity index (χ1v) is 10.9. The molecule has 10 heteroatoms. The standard InChI is InChI=1S/C24H21FN6O3/c1-13(2)10-11-29-14(3)26-22-20(24(29)32)21-23(28-18-7-5-4-6-17(18)27-21)30(22)15-8-9-16(25)19(12-15)31(33)34/h4-9,12-13H,10-11H2,1-3H3. The van der Waals surface area contributed by atoms with E-state index in [0.29, 0.717) is 40.5 Å². The average Bonchev–Trinajstić information content (AvgIpc) is 3.10. The van der Waals surface area contributed by atoms with Gasteiger partial charge in [-0.1, -0.05) is 26.0 Å². The molecule has 5 rings (SSSR count). The third-order valence-electron chi connectivity index (χ3n) is 5.87. The van der Waals surface area contributed by atoms with E-state index in [-0.39, 0.29) is 22.3 Å². The Morgan fingerprint density at radius 1 is 1.06 bits per heavy atom. The van der Waals surface area contributed by atoms with E-state index in [9.17, 15) is 19.3 Å². The number of nitro benzene ring substituents is 1. The molecule has 5 aromatic rings. The SMILES string of the molecule is Cc1nc2c(c(=O)n1CCC(C)C)c1nc3ccccc3nc1n2-c1ccc(F)c([N+](=O)[O-])c1. The fourth-order valence-corrected chi connectivity index (χ4v) is 4.11. The predicted molar refractivity (Wildman–Crippen MR) is 127 cm³/mol. The zero-order valence-electron chi connectivity index (χ0n) is 18.8. The highest BCUT2D eigenvalue weighted by Crippen LogP contribution is 2.30. The lowest BCUT2D eigenvalue weighted by Crippen LogP contribution is -2.24. The van der Waals surface area contributed by atoms with Crippen molar-refractivity contribution in [3.63, 3.8) is 0 Å². The predicted octanol–water partition coefficient (Wildman–Crippen LogP) is 4.69. The zero-order chi connectivity index (χ0) is 24.1. The van der Waals surface area contributed by atoms with Gasteiger partial charge in [-0.15, -0.1) is 0 Å². The van der Waals surface area contributed by atoms with Crippen LogP contribution in [0.1, 0.15) is 26.1 Å². The lowest BCUT2D eigenvalue weighted by Gasteiger charge is -2.12. The highest BCUT2D eigenvalue weighted by Gasteiger charge is 2.24. The molecule has 0 unspecified atom stereocenters. The Balaban J connectivity index is 1.93. The lowest BCUT2D eigenvalue weighted by atomic mass is 10.1. The Kier molecular flexibility index (Phi) is 5.07. The summed E-state index contributed by atoms with van der Waals surface area (Å²) in [5, 5.41) is 11.7. The summed E-state index contributed by atoms with van der Waals surface area (Å²) in [6.45, 7) is 6.41. The van der Waals surface area contributed by atoms with Crippen LogP contribution < -0.4 is 5.56 Å². The minimum atomic E-state index is -0.953. The van der Waals surface area contributed by atoms with Crippen LogP contribution in [0, 0.1) is 28.8 Å². The number of aromatic nitrogens is 5. The second-order valence-corrected chi connectivity index (χ2v) is 8.61. The number of para-hydroxylation sites is 2. The molecule has 0 N–H and O–H groups in total. The van der Waals surface area contributed by atoms with Crippen LogP contribution in [-0.2, 0) is 6.54 Å². The Labute approximate surface area is 192 Å². The molecule has 3 heterocycles. The molecule has 0 amide bonds. The first-order chi connectivity index (χ1) is 16.3. The van der Waals surface area contributed by atoms with Crippen molar-refractivity contribution in [2.75, 3.05) is 0 Å². The van der Waals surface area contributed by atoms with Crippen LogP contribution >= 0.6 is 0 Å². The third-order valence-corrected chi connectivity index (χ3v) is 5.87. The van der Waals surface area contributed by atoms with Crippen LogP contribution in [0.4, 0.5) is 10.1 Å². The smallest absolute Gasteiger partial charge is 0.296 e. The zero-order valence-corrected chi connectivity index (χ0v) is 18.8. The van der Waals surface area contributed by atoms with Crippen molar-refractivity contribution >= 4 is 38.9 Å². The van der Waals surface area contributed by atoms with Gasteiger partial charge in [-0.3, -0.25) is 24.0 Å². The molecule has 34 heavy (non-hydrogen) atoms. The normalized spacial score (nSPS) is 11.8. The van der Waals surface area contributed by atoms with Gasteiger partial charge in [0, 0.05) is 12.6 Å². The van der Waals surface area contributed by atoms with Gasteiger partial charge in [0.05, 0.1) is 21.6 Å². The molecule has 3 aromatic heterocycles. The maximum Gasteiger partial charge on any atom is 0.306 e. The molecule has 0 atom stereocenters. The van der Waals surface area contributed by atoms with Gasteiger partial charge >= 0.3 is 5.69 Å². The van der Waals surface area contributed by atoms with Gasteiger partial charge < -0.3 is 0 Å². The van der Waals surface area contributed by atoms with E-state index in [2.05, 4.69) is 13.8 Å². The second kappa shape index (κ2) is 7.98. The molecule has 9 nitrogen and oxygen atoms in total. The molecule has 0 saturated heterocycles. The van der Waals surface area contributed by atoms with E-state index < -0.39 is 16.4 Å². The monoisotopic (exact) mass is 460 g/mol. The quantitative estimate of drug-likeness (QED) is 0.278. The number of hydrogen-bond donors (Lipinski definition) is 0. The van der Waals surface area contributed by atoms with Crippen molar-refractivity contribution in [3.8, 4) is 5.69 Å². The summed E-state index contributed by atoms with van der Waals surface area (Å²) in [6.07, 6.45) is 0.797. The first kappa shape index (κ1) is 21.6. The number of aryl methyl sites for hydroxylation is 1. The van der Waals surface area contributed by atoms with Gasteiger partial charge in [0.2, 0.25) is 5.82 Å². The number of benzene rings is 2. The van der Waals surface area contributed by atoms with Crippen molar-refractivity contribution in [1.82, 2.24) is 24.1 Å². The maximum atomic E-state index is 14.1. The summed E-state index contributed by atoms with van der Waals surface area (Å²) in [7, 11) is 0. The number of nitro groups is 1. The summed E-state index contributed by atoms with van der Waals surface area (Å²) in [5.74, 6) is -0.0542. The Morgan fingerprint density at radius 2 is 1.76 bits per heavy atom. The van der Waals surface area contributed by atoms with E-state index in [1.807, 2.05) is 12.1 Å². The van der Waals surface area contributed by atoms with Crippen molar-refractivity contribution in [3.05, 3.63) is 74.6 Å². The number of hydrogen-bond acceptors (Lipinski definition) is 6. The molecule has 0 bridgehead atoms. The summed E-state index contributed by atoms with van der Waals surface area (Å²) >= 11 is 0. The largest absolute Gasteiger partial charge is 0.306 e. The van der Waals surface area contributed by atoms with Gasteiger partial charge in [0.15, 0.2) is 11.3 Å². The molecular weight excluding hydrogens is 439 g/mol. The fourth-order valence-electron chi connectivity index (χ4n) is 4.11. The van der Waals surface area contributed by atoms with Gasteiger partial charge in [-0.2, -0.15) is 4.39 Å². The molecule has 0 aliphatic carbocycles. The molecular formula is C24H21FN6O3. The van der Waals surface area contributed by atoms with Crippen LogP contribution in [0.25, 0.3) is 38.9 Å². The van der Waals surface area contributed by atoms with E-state index >= 15 is 0 Å². The number of fused-ring (bicyclic) bond motifs is 4. The van der Waals surface area contributed by atoms with Gasteiger partial charge in [-0.25, -0.2) is 15.0 Å². The van der Waals surface area contributed by atoms with Crippen LogP contribution in [0.5, 0.6) is 0 Å².